The molecule has 0 saturated carbocycles. The lowest BCUT2D eigenvalue weighted by molar-refractivity contribution is -0.384. The van der Waals surface area contributed by atoms with Crippen molar-refractivity contribution in [3.05, 3.63) is 15.8 Å². The molecule has 2 N–H and O–H groups in total. The van der Waals surface area contributed by atoms with Crippen molar-refractivity contribution in [3.8, 4) is 0 Å². The van der Waals surface area contributed by atoms with E-state index in [0.29, 0.717) is 31.0 Å². The van der Waals surface area contributed by atoms with Crippen molar-refractivity contribution in [1.82, 2.24) is 15.1 Å². The number of hydrogen-bond acceptors (Lipinski definition) is 5. The number of nitrogens with one attached hydrogen (secondary N) is 2. The lowest BCUT2D eigenvalue weighted by Crippen LogP contribution is -2.44. The van der Waals surface area contributed by atoms with Gasteiger partial charge in [0.1, 0.15) is 11.7 Å². The molecular weight excluding hydrogens is 250 g/mol. The van der Waals surface area contributed by atoms with Crippen LogP contribution in [-0.4, -0.2) is 33.2 Å². The van der Waals surface area contributed by atoms with E-state index in [1.54, 1.807) is 6.92 Å². The fraction of sp³-hybridized carbons (Fsp3) is 0.636. The number of piperidine rings is 1. The highest BCUT2D eigenvalue weighted by molar-refractivity contribution is 5.85. The van der Waals surface area contributed by atoms with E-state index in [1.165, 1.54) is 4.68 Å². The number of anilines is 1. The summed E-state index contributed by atoms with van der Waals surface area (Å²) in [5, 5.41) is 20.9. The van der Waals surface area contributed by atoms with Gasteiger partial charge in [-0.1, -0.05) is 0 Å². The van der Waals surface area contributed by atoms with Crippen LogP contribution in [0.25, 0.3) is 0 Å². The zero-order chi connectivity index (χ0) is 14.0. The maximum Gasteiger partial charge on any atom is 0.333 e. The summed E-state index contributed by atoms with van der Waals surface area (Å²) in [7, 11) is 0. The average molecular weight is 267 g/mol. The Morgan fingerprint density at radius 3 is 2.95 bits per heavy atom. The van der Waals surface area contributed by atoms with Gasteiger partial charge in [0.15, 0.2) is 0 Å². The zero-order valence-electron chi connectivity index (χ0n) is 11.0. The molecule has 1 unspecified atom stereocenters. The number of hydrogen-bond donors (Lipinski definition) is 2. The fourth-order valence-corrected chi connectivity index (χ4v) is 2.24. The van der Waals surface area contributed by atoms with Crippen molar-refractivity contribution in [2.45, 2.75) is 39.3 Å². The lowest BCUT2D eigenvalue weighted by Gasteiger charge is -2.23. The van der Waals surface area contributed by atoms with E-state index < -0.39 is 11.0 Å². The summed E-state index contributed by atoms with van der Waals surface area (Å²) in [6, 6.07) is -0.436. The van der Waals surface area contributed by atoms with Crippen LogP contribution in [0.1, 0.15) is 25.5 Å². The predicted octanol–water partition coefficient (Wildman–Crippen LogP) is 0.810. The largest absolute Gasteiger partial charge is 0.354 e. The summed E-state index contributed by atoms with van der Waals surface area (Å²) in [6.45, 7) is 4.61. The third-order valence-corrected chi connectivity index (χ3v) is 3.17. The Morgan fingerprint density at radius 1 is 1.63 bits per heavy atom. The molecule has 2 rings (SSSR count). The summed E-state index contributed by atoms with van der Waals surface area (Å²) in [4.78, 5) is 22.4. The molecule has 1 saturated heterocycles. The second-order valence-electron chi connectivity index (χ2n) is 4.49. The Hall–Kier alpha value is -2.12. The summed E-state index contributed by atoms with van der Waals surface area (Å²) in [6.07, 6.45) is 1.52. The summed E-state index contributed by atoms with van der Waals surface area (Å²) < 4.78 is 1.52. The van der Waals surface area contributed by atoms with E-state index in [1.807, 2.05) is 6.92 Å². The van der Waals surface area contributed by atoms with Gasteiger partial charge in [0.25, 0.3) is 0 Å². The highest BCUT2D eigenvalue weighted by Crippen LogP contribution is 2.29. The van der Waals surface area contributed by atoms with Gasteiger partial charge in [0.05, 0.1) is 4.92 Å². The van der Waals surface area contributed by atoms with Crippen LogP contribution in [0.2, 0.25) is 0 Å². The molecule has 0 aliphatic carbocycles. The molecule has 8 heteroatoms. The number of rotatable bonds is 4. The first kappa shape index (κ1) is 13.3. The van der Waals surface area contributed by atoms with Crippen molar-refractivity contribution >= 4 is 17.4 Å². The third-order valence-electron chi connectivity index (χ3n) is 3.17. The van der Waals surface area contributed by atoms with Gasteiger partial charge in [-0.05, 0) is 26.7 Å². The number of aromatic nitrogens is 2. The normalized spacial score (nSPS) is 19.1. The predicted molar refractivity (Wildman–Crippen MR) is 68.9 cm³/mol. The molecule has 104 valence electrons. The quantitative estimate of drug-likeness (QED) is 0.621. The van der Waals surface area contributed by atoms with Gasteiger partial charge in [-0.3, -0.25) is 14.9 Å². The first-order valence-electron chi connectivity index (χ1n) is 6.30. The number of aryl methyl sites for hydroxylation is 2. The molecule has 2 heterocycles. The molecule has 1 aromatic rings. The van der Waals surface area contributed by atoms with E-state index >= 15 is 0 Å². The van der Waals surface area contributed by atoms with E-state index in [9.17, 15) is 14.9 Å². The van der Waals surface area contributed by atoms with Gasteiger partial charge in [-0.15, -0.1) is 0 Å². The standard InChI is InChI=1S/C11H17N5O3/c1-3-15-10(9(16(18)19)7(2)14-15)13-8-5-4-6-12-11(8)17/h8,13H,3-6H2,1-2H3,(H,12,17). The fourth-order valence-electron chi connectivity index (χ4n) is 2.24. The number of nitrogens with zero attached hydrogens (tertiary/aromatic N) is 3. The molecule has 1 fully saturated rings. The van der Waals surface area contributed by atoms with Crippen molar-refractivity contribution < 1.29 is 9.72 Å². The van der Waals surface area contributed by atoms with Gasteiger partial charge in [-0.2, -0.15) is 5.10 Å². The third kappa shape index (κ3) is 2.51. The van der Waals surface area contributed by atoms with E-state index in [4.69, 9.17) is 0 Å². The summed E-state index contributed by atoms with van der Waals surface area (Å²) >= 11 is 0. The summed E-state index contributed by atoms with van der Waals surface area (Å²) in [5.41, 5.74) is 0.297. The zero-order valence-corrected chi connectivity index (χ0v) is 11.0. The van der Waals surface area contributed by atoms with Crippen LogP contribution < -0.4 is 10.6 Å². The molecule has 1 aliphatic heterocycles. The van der Waals surface area contributed by atoms with Crippen LogP contribution >= 0.6 is 0 Å². The van der Waals surface area contributed by atoms with Gasteiger partial charge in [-0.25, -0.2) is 4.68 Å². The first-order valence-corrected chi connectivity index (χ1v) is 6.30. The van der Waals surface area contributed by atoms with Gasteiger partial charge in [0, 0.05) is 13.1 Å². The lowest BCUT2D eigenvalue weighted by atomic mass is 10.1. The molecule has 1 amide bonds. The SMILES string of the molecule is CCn1nc(C)c([N+](=O)[O-])c1NC1CCCNC1=O. The van der Waals surface area contributed by atoms with Crippen LogP contribution in [0.5, 0.6) is 0 Å². The molecular formula is C11H17N5O3. The molecule has 1 aliphatic rings. The molecule has 1 atom stereocenters. The smallest absolute Gasteiger partial charge is 0.333 e. The van der Waals surface area contributed by atoms with Gasteiger partial charge < -0.3 is 10.6 Å². The first-order chi connectivity index (χ1) is 9.04. The average Bonchev–Trinajstić information content (AvgIpc) is 2.68. The van der Waals surface area contributed by atoms with Crippen molar-refractivity contribution in [2.75, 3.05) is 11.9 Å². The number of carbonyl (C=O) groups excluding carboxylic acids is 1. The topological polar surface area (TPSA) is 102 Å². The maximum atomic E-state index is 11.7. The Labute approximate surface area is 110 Å². The Morgan fingerprint density at radius 2 is 2.37 bits per heavy atom. The van der Waals surface area contributed by atoms with Crippen molar-refractivity contribution in [3.63, 3.8) is 0 Å². The second kappa shape index (κ2) is 5.25. The molecule has 0 spiro atoms. The number of amides is 1. The highest BCUT2D eigenvalue weighted by atomic mass is 16.6. The number of nitro groups is 1. The Balaban J connectivity index is 2.32. The Bertz CT molecular complexity index is 511. The van der Waals surface area contributed by atoms with Crippen LogP contribution in [0.3, 0.4) is 0 Å². The van der Waals surface area contributed by atoms with E-state index in [2.05, 4.69) is 15.7 Å². The van der Waals surface area contributed by atoms with Gasteiger partial charge in [0.2, 0.25) is 11.7 Å². The molecule has 0 radical (unpaired) electrons. The van der Waals surface area contributed by atoms with Crippen LogP contribution in [0.15, 0.2) is 0 Å². The minimum Gasteiger partial charge on any atom is -0.354 e. The Kier molecular flexibility index (Phi) is 3.68. The highest BCUT2D eigenvalue weighted by Gasteiger charge is 2.30. The van der Waals surface area contributed by atoms with Crippen LogP contribution in [-0.2, 0) is 11.3 Å². The van der Waals surface area contributed by atoms with Crippen molar-refractivity contribution in [1.29, 1.82) is 0 Å². The molecule has 1 aromatic heterocycles. The van der Waals surface area contributed by atoms with Crippen LogP contribution in [0, 0.1) is 17.0 Å². The molecule has 19 heavy (non-hydrogen) atoms. The van der Waals surface area contributed by atoms with E-state index in [0.717, 1.165) is 6.42 Å². The molecule has 0 aromatic carbocycles. The number of carbonyl (C=O) groups is 1. The minimum atomic E-state index is -0.461. The van der Waals surface area contributed by atoms with Crippen LogP contribution in [0.4, 0.5) is 11.5 Å². The minimum absolute atomic E-state index is 0.0553. The maximum absolute atomic E-state index is 11.7. The van der Waals surface area contributed by atoms with Gasteiger partial charge >= 0.3 is 5.69 Å². The second-order valence-corrected chi connectivity index (χ2v) is 4.49. The van der Waals surface area contributed by atoms with E-state index in [-0.39, 0.29) is 11.6 Å². The molecule has 8 nitrogen and oxygen atoms in total. The molecule has 0 bridgehead atoms. The van der Waals surface area contributed by atoms with Crippen molar-refractivity contribution in [2.24, 2.45) is 0 Å². The monoisotopic (exact) mass is 267 g/mol. The summed E-state index contributed by atoms with van der Waals surface area (Å²) in [5.74, 6) is 0.189.